The van der Waals surface area contributed by atoms with Gasteiger partial charge in [0, 0.05) is 18.9 Å². The molecular weight excluding hydrogens is 234 g/mol. The van der Waals surface area contributed by atoms with Crippen molar-refractivity contribution in [2.45, 2.75) is 65.7 Å². The van der Waals surface area contributed by atoms with Crippen LogP contribution in [0.1, 0.15) is 65.7 Å². The standard InChI is InChI=1S/C17H31NO/c1-4-14-6-5-10-18(11-8-14)13-15-12-17(2,3)9-7-16(15)19/h14-15H,4-13H2,1-3H3. The van der Waals surface area contributed by atoms with Gasteiger partial charge >= 0.3 is 0 Å². The summed E-state index contributed by atoms with van der Waals surface area (Å²) in [5, 5.41) is 0. The van der Waals surface area contributed by atoms with E-state index in [-0.39, 0.29) is 0 Å². The molecule has 2 aliphatic rings. The van der Waals surface area contributed by atoms with E-state index in [2.05, 4.69) is 25.7 Å². The van der Waals surface area contributed by atoms with Crippen molar-refractivity contribution in [2.24, 2.45) is 17.3 Å². The zero-order valence-corrected chi connectivity index (χ0v) is 13.1. The second-order valence-corrected chi connectivity index (χ2v) is 7.54. The van der Waals surface area contributed by atoms with E-state index in [1.165, 1.54) is 38.8 Å². The van der Waals surface area contributed by atoms with E-state index in [1.807, 2.05) is 0 Å². The molecule has 2 heteroatoms. The Bertz CT molecular complexity index is 310. The van der Waals surface area contributed by atoms with E-state index in [0.29, 0.717) is 17.1 Å². The number of hydrogen-bond donors (Lipinski definition) is 0. The molecule has 0 amide bonds. The van der Waals surface area contributed by atoms with Crippen LogP contribution in [0.15, 0.2) is 0 Å². The summed E-state index contributed by atoms with van der Waals surface area (Å²) in [6.45, 7) is 10.4. The number of carbonyl (C=O) groups is 1. The molecule has 0 bridgehead atoms. The van der Waals surface area contributed by atoms with E-state index >= 15 is 0 Å². The summed E-state index contributed by atoms with van der Waals surface area (Å²) in [5.41, 5.74) is 0.371. The topological polar surface area (TPSA) is 20.3 Å². The molecule has 0 aromatic heterocycles. The van der Waals surface area contributed by atoms with Gasteiger partial charge in [-0.3, -0.25) is 4.79 Å². The van der Waals surface area contributed by atoms with Crippen molar-refractivity contribution in [3.8, 4) is 0 Å². The van der Waals surface area contributed by atoms with Crippen LogP contribution in [0.3, 0.4) is 0 Å². The minimum absolute atomic E-state index is 0.307. The lowest BCUT2D eigenvalue weighted by Crippen LogP contribution is -2.39. The number of carbonyl (C=O) groups excluding carboxylic acids is 1. The maximum absolute atomic E-state index is 12.1. The van der Waals surface area contributed by atoms with Gasteiger partial charge in [0.25, 0.3) is 0 Å². The first-order valence-electron chi connectivity index (χ1n) is 8.25. The molecule has 19 heavy (non-hydrogen) atoms. The van der Waals surface area contributed by atoms with Crippen molar-refractivity contribution < 1.29 is 4.79 Å². The third-order valence-electron chi connectivity index (χ3n) is 5.30. The highest BCUT2D eigenvalue weighted by Gasteiger charge is 2.34. The Morgan fingerprint density at radius 3 is 2.79 bits per heavy atom. The van der Waals surface area contributed by atoms with Gasteiger partial charge in [0.05, 0.1) is 0 Å². The van der Waals surface area contributed by atoms with Gasteiger partial charge < -0.3 is 4.90 Å². The van der Waals surface area contributed by atoms with Crippen LogP contribution >= 0.6 is 0 Å². The number of hydrogen-bond acceptors (Lipinski definition) is 2. The normalized spacial score (nSPS) is 33.1. The lowest BCUT2D eigenvalue weighted by atomic mass is 9.71. The highest BCUT2D eigenvalue weighted by molar-refractivity contribution is 5.82. The molecule has 110 valence electrons. The Kier molecular flexibility index (Phi) is 5.05. The average molecular weight is 265 g/mol. The van der Waals surface area contributed by atoms with E-state index in [9.17, 15) is 4.79 Å². The number of Topliss-reactive ketones (excluding diaryl/α,β-unsaturated/α-hetero) is 1. The molecule has 1 heterocycles. The predicted octanol–water partition coefficient (Wildman–Crippen LogP) is 3.89. The molecular formula is C17H31NO. The summed E-state index contributed by atoms with van der Waals surface area (Å²) >= 11 is 0. The van der Waals surface area contributed by atoms with Gasteiger partial charge in [0.15, 0.2) is 0 Å². The number of ketones is 1. The molecule has 1 saturated heterocycles. The van der Waals surface area contributed by atoms with E-state index < -0.39 is 0 Å². The molecule has 0 aromatic carbocycles. The summed E-state index contributed by atoms with van der Waals surface area (Å²) in [4.78, 5) is 14.7. The lowest BCUT2D eigenvalue weighted by Gasteiger charge is -2.36. The van der Waals surface area contributed by atoms with E-state index in [0.717, 1.165) is 31.7 Å². The molecule has 0 radical (unpaired) electrons. The van der Waals surface area contributed by atoms with Crippen LogP contribution in [0.5, 0.6) is 0 Å². The second kappa shape index (κ2) is 6.39. The highest BCUT2D eigenvalue weighted by Crippen LogP contribution is 2.37. The van der Waals surface area contributed by atoms with Gasteiger partial charge in [0.1, 0.15) is 5.78 Å². The predicted molar refractivity (Wildman–Crippen MR) is 80.2 cm³/mol. The van der Waals surface area contributed by atoms with Crippen LogP contribution in [0.2, 0.25) is 0 Å². The third-order valence-corrected chi connectivity index (χ3v) is 5.30. The molecule has 1 aliphatic heterocycles. The minimum atomic E-state index is 0.307. The molecule has 1 aliphatic carbocycles. The van der Waals surface area contributed by atoms with Crippen LogP contribution in [0.25, 0.3) is 0 Å². The number of nitrogens with zero attached hydrogens (tertiary/aromatic N) is 1. The van der Waals surface area contributed by atoms with Crippen molar-refractivity contribution in [3.63, 3.8) is 0 Å². The highest BCUT2D eigenvalue weighted by atomic mass is 16.1. The van der Waals surface area contributed by atoms with Crippen LogP contribution in [0.4, 0.5) is 0 Å². The quantitative estimate of drug-likeness (QED) is 0.771. The molecule has 2 fully saturated rings. The minimum Gasteiger partial charge on any atom is -0.303 e. The Balaban J connectivity index is 1.87. The van der Waals surface area contributed by atoms with Crippen molar-refractivity contribution in [1.29, 1.82) is 0 Å². The van der Waals surface area contributed by atoms with E-state index in [4.69, 9.17) is 0 Å². The van der Waals surface area contributed by atoms with Crippen molar-refractivity contribution in [2.75, 3.05) is 19.6 Å². The summed E-state index contributed by atoms with van der Waals surface area (Å²) in [6.07, 6.45) is 8.35. The van der Waals surface area contributed by atoms with Gasteiger partial charge in [-0.2, -0.15) is 0 Å². The van der Waals surface area contributed by atoms with Gasteiger partial charge in [0.2, 0.25) is 0 Å². The Labute approximate surface area is 118 Å². The fourth-order valence-electron chi connectivity index (χ4n) is 3.84. The van der Waals surface area contributed by atoms with Crippen molar-refractivity contribution in [3.05, 3.63) is 0 Å². The zero-order valence-electron chi connectivity index (χ0n) is 13.1. The number of likely N-dealkylation sites (tertiary alicyclic amines) is 1. The zero-order chi connectivity index (χ0) is 13.9. The summed E-state index contributed by atoms with van der Waals surface area (Å²) in [6, 6.07) is 0. The molecule has 0 spiro atoms. The summed E-state index contributed by atoms with van der Waals surface area (Å²) in [5.74, 6) is 1.75. The molecule has 0 N–H and O–H groups in total. The largest absolute Gasteiger partial charge is 0.303 e. The van der Waals surface area contributed by atoms with Gasteiger partial charge in [-0.1, -0.05) is 27.2 Å². The maximum atomic E-state index is 12.1. The molecule has 1 saturated carbocycles. The van der Waals surface area contributed by atoms with Gasteiger partial charge in [-0.25, -0.2) is 0 Å². The Hall–Kier alpha value is -0.370. The molecule has 2 nitrogen and oxygen atoms in total. The summed E-state index contributed by atoms with van der Waals surface area (Å²) < 4.78 is 0. The first kappa shape index (κ1) is 15.0. The van der Waals surface area contributed by atoms with Crippen molar-refractivity contribution in [1.82, 2.24) is 4.90 Å². The average Bonchev–Trinajstić information content (AvgIpc) is 2.59. The lowest BCUT2D eigenvalue weighted by molar-refractivity contribution is -0.127. The maximum Gasteiger partial charge on any atom is 0.137 e. The fourth-order valence-corrected chi connectivity index (χ4v) is 3.84. The van der Waals surface area contributed by atoms with Gasteiger partial charge in [-0.05, 0) is 56.5 Å². The smallest absolute Gasteiger partial charge is 0.137 e. The van der Waals surface area contributed by atoms with Gasteiger partial charge in [-0.15, -0.1) is 0 Å². The molecule has 0 aromatic rings. The Morgan fingerprint density at radius 2 is 2.05 bits per heavy atom. The molecule has 2 unspecified atom stereocenters. The summed E-state index contributed by atoms with van der Waals surface area (Å²) in [7, 11) is 0. The first-order valence-corrected chi connectivity index (χ1v) is 8.25. The molecule has 2 atom stereocenters. The fraction of sp³-hybridized carbons (Fsp3) is 0.941. The first-order chi connectivity index (χ1) is 9.00. The van der Waals surface area contributed by atoms with Crippen LogP contribution in [0, 0.1) is 17.3 Å². The van der Waals surface area contributed by atoms with Crippen LogP contribution in [-0.2, 0) is 4.79 Å². The third kappa shape index (κ3) is 4.30. The van der Waals surface area contributed by atoms with Crippen LogP contribution in [-0.4, -0.2) is 30.3 Å². The number of rotatable bonds is 3. The monoisotopic (exact) mass is 265 g/mol. The molecule has 2 rings (SSSR count). The Morgan fingerprint density at radius 1 is 1.26 bits per heavy atom. The SMILES string of the molecule is CCC1CCCN(CC2CC(C)(C)CCC2=O)CC1. The van der Waals surface area contributed by atoms with Crippen LogP contribution < -0.4 is 0 Å². The van der Waals surface area contributed by atoms with E-state index in [1.54, 1.807) is 0 Å². The van der Waals surface area contributed by atoms with Crippen molar-refractivity contribution >= 4 is 5.78 Å². The second-order valence-electron chi connectivity index (χ2n) is 7.54.